The molecule has 0 heterocycles. The van der Waals surface area contributed by atoms with Crippen molar-refractivity contribution in [3.63, 3.8) is 0 Å². The van der Waals surface area contributed by atoms with Crippen LogP contribution >= 0.6 is 0 Å². The number of carbonyl (C=O) groups is 1. The van der Waals surface area contributed by atoms with Crippen molar-refractivity contribution in [2.75, 3.05) is 6.61 Å². The van der Waals surface area contributed by atoms with E-state index in [9.17, 15) is 15.0 Å². The Balaban J connectivity index is 4.56. The SMILES string of the molecule is C=CC(=O)OC(O)(O)C(C)(C)CO. The van der Waals surface area contributed by atoms with Crippen molar-refractivity contribution in [2.45, 2.75) is 19.8 Å². The largest absolute Gasteiger partial charge is 0.404 e. The highest BCUT2D eigenvalue weighted by Crippen LogP contribution is 2.29. The normalized spacial score (nSPS) is 12.4. The number of rotatable bonds is 4. The zero-order valence-corrected chi connectivity index (χ0v) is 7.65. The van der Waals surface area contributed by atoms with Gasteiger partial charge in [-0.25, -0.2) is 4.79 Å². The summed E-state index contributed by atoms with van der Waals surface area (Å²) < 4.78 is 4.24. The molecule has 0 bridgehead atoms. The van der Waals surface area contributed by atoms with Crippen molar-refractivity contribution < 1.29 is 24.9 Å². The summed E-state index contributed by atoms with van der Waals surface area (Å²) in [6.07, 6.45) is 0.800. The third kappa shape index (κ3) is 2.80. The van der Waals surface area contributed by atoms with E-state index in [4.69, 9.17) is 5.11 Å². The molecule has 0 aromatic carbocycles. The number of hydrogen-bond acceptors (Lipinski definition) is 5. The maximum atomic E-state index is 10.6. The molecule has 0 aliphatic heterocycles. The van der Waals surface area contributed by atoms with Gasteiger partial charge in [0.05, 0.1) is 12.0 Å². The first-order valence-corrected chi connectivity index (χ1v) is 3.68. The Morgan fingerprint density at radius 3 is 2.31 bits per heavy atom. The number of hydrogen-bond donors (Lipinski definition) is 3. The summed E-state index contributed by atoms with van der Waals surface area (Å²) in [6.45, 7) is 5.23. The van der Waals surface area contributed by atoms with Gasteiger partial charge in [0, 0.05) is 6.08 Å². The number of carbonyl (C=O) groups excluding carboxylic acids is 1. The average Bonchev–Trinajstić information content (AvgIpc) is 2.03. The van der Waals surface area contributed by atoms with Crippen LogP contribution in [0.2, 0.25) is 0 Å². The van der Waals surface area contributed by atoms with Crippen molar-refractivity contribution in [1.29, 1.82) is 0 Å². The van der Waals surface area contributed by atoms with Gasteiger partial charge in [-0.05, 0) is 13.8 Å². The van der Waals surface area contributed by atoms with Crippen LogP contribution in [-0.4, -0.2) is 33.9 Å². The third-order valence-electron chi connectivity index (χ3n) is 1.69. The molecule has 0 unspecified atom stereocenters. The first-order valence-electron chi connectivity index (χ1n) is 3.68. The molecule has 0 saturated heterocycles. The molecule has 5 heteroatoms. The van der Waals surface area contributed by atoms with Gasteiger partial charge in [0.15, 0.2) is 0 Å². The second kappa shape index (κ2) is 3.87. The van der Waals surface area contributed by atoms with Crippen molar-refractivity contribution in [1.82, 2.24) is 0 Å². The van der Waals surface area contributed by atoms with Crippen LogP contribution < -0.4 is 0 Å². The summed E-state index contributed by atoms with van der Waals surface area (Å²) in [4.78, 5) is 10.6. The fourth-order valence-electron chi connectivity index (χ4n) is 0.423. The average molecular weight is 190 g/mol. The zero-order chi connectivity index (χ0) is 10.7. The monoisotopic (exact) mass is 190 g/mol. The van der Waals surface area contributed by atoms with E-state index in [1.165, 1.54) is 13.8 Å². The van der Waals surface area contributed by atoms with Gasteiger partial charge in [0.25, 0.3) is 0 Å². The predicted molar refractivity (Wildman–Crippen MR) is 44.3 cm³/mol. The van der Waals surface area contributed by atoms with Crippen LogP contribution in [0.15, 0.2) is 12.7 Å². The summed E-state index contributed by atoms with van der Waals surface area (Å²) in [6, 6.07) is 0. The van der Waals surface area contributed by atoms with E-state index < -0.39 is 24.0 Å². The topological polar surface area (TPSA) is 87.0 Å². The van der Waals surface area contributed by atoms with Crippen LogP contribution in [0, 0.1) is 5.41 Å². The fraction of sp³-hybridized carbons (Fsp3) is 0.625. The Morgan fingerprint density at radius 2 is 2.00 bits per heavy atom. The Bertz CT molecular complexity index is 207. The molecule has 0 aromatic rings. The molecule has 0 aliphatic rings. The van der Waals surface area contributed by atoms with Crippen LogP contribution in [-0.2, 0) is 9.53 Å². The van der Waals surface area contributed by atoms with Crippen LogP contribution in [0.4, 0.5) is 0 Å². The first-order chi connectivity index (χ1) is 5.77. The quantitative estimate of drug-likeness (QED) is 0.312. The molecule has 3 N–H and O–H groups in total. The van der Waals surface area contributed by atoms with E-state index in [1.54, 1.807) is 0 Å². The lowest BCUT2D eigenvalue weighted by Crippen LogP contribution is -2.50. The lowest BCUT2D eigenvalue weighted by Gasteiger charge is -2.34. The van der Waals surface area contributed by atoms with Gasteiger partial charge in [0.2, 0.25) is 0 Å². The molecular weight excluding hydrogens is 176 g/mol. The molecule has 0 amide bonds. The molecule has 0 atom stereocenters. The van der Waals surface area contributed by atoms with Crippen molar-refractivity contribution in [2.24, 2.45) is 5.41 Å². The first kappa shape index (κ1) is 12.1. The Labute approximate surface area is 76.3 Å². The summed E-state index contributed by atoms with van der Waals surface area (Å²) in [5.41, 5.74) is -1.36. The minimum absolute atomic E-state index is 0.537. The summed E-state index contributed by atoms with van der Waals surface area (Å²) in [5, 5.41) is 27.3. The predicted octanol–water partition coefficient (Wildman–Crippen LogP) is -0.628. The molecule has 5 nitrogen and oxygen atoms in total. The summed E-state index contributed by atoms with van der Waals surface area (Å²) in [7, 11) is 0. The number of aliphatic hydroxyl groups excluding tert-OH is 1. The standard InChI is InChI=1S/C8H14O5/c1-4-6(10)13-8(11,12)7(2,3)5-9/h4,9,11-12H,1,5H2,2-3H3. The van der Waals surface area contributed by atoms with Gasteiger partial charge in [-0.3, -0.25) is 0 Å². The van der Waals surface area contributed by atoms with Crippen molar-refractivity contribution in [3.8, 4) is 0 Å². The Hall–Kier alpha value is -0.910. The molecular formula is C8H14O5. The van der Waals surface area contributed by atoms with Gasteiger partial charge >= 0.3 is 11.9 Å². The maximum absolute atomic E-state index is 10.6. The van der Waals surface area contributed by atoms with Crippen LogP contribution in [0.25, 0.3) is 0 Å². The highest BCUT2D eigenvalue weighted by atomic mass is 16.8. The highest BCUT2D eigenvalue weighted by Gasteiger charge is 2.45. The minimum atomic E-state index is -2.70. The maximum Gasteiger partial charge on any atom is 0.334 e. The third-order valence-corrected chi connectivity index (χ3v) is 1.69. The summed E-state index contributed by atoms with van der Waals surface area (Å²) >= 11 is 0. The molecule has 13 heavy (non-hydrogen) atoms. The smallest absolute Gasteiger partial charge is 0.334 e. The molecule has 0 spiro atoms. The molecule has 0 aromatic heterocycles. The number of ether oxygens (including phenoxy) is 1. The lowest BCUT2D eigenvalue weighted by molar-refractivity contribution is -0.372. The second-order valence-electron chi connectivity index (χ2n) is 3.28. The lowest BCUT2D eigenvalue weighted by atomic mass is 9.91. The van der Waals surface area contributed by atoms with Crippen molar-refractivity contribution in [3.05, 3.63) is 12.7 Å². The van der Waals surface area contributed by atoms with E-state index in [0.29, 0.717) is 0 Å². The molecule has 0 radical (unpaired) electrons. The number of aliphatic hydroxyl groups is 3. The van der Waals surface area contributed by atoms with E-state index in [-0.39, 0.29) is 0 Å². The molecule has 76 valence electrons. The second-order valence-corrected chi connectivity index (χ2v) is 3.28. The fourth-order valence-corrected chi connectivity index (χ4v) is 0.423. The van der Waals surface area contributed by atoms with Gasteiger partial charge in [0.1, 0.15) is 0 Å². The van der Waals surface area contributed by atoms with Gasteiger partial charge in [-0.1, -0.05) is 6.58 Å². The Morgan fingerprint density at radius 1 is 1.54 bits per heavy atom. The van der Waals surface area contributed by atoms with E-state index in [0.717, 1.165) is 6.08 Å². The van der Waals surface area contributed by atoms with Gasteiger partial charge in [-0.15, -0.1) is 0 Å². The molecule has 0 aliphatic carbocycles. The number of esters is 1. The van der Waals surface area contributed by atoms with Crippen LogP contribution in [0.3, 0.4) is 0 Å². The molecule has 0 saturated carbocycles. The molecule has 0 rings (SSSR count). The van der Waals surface area contributed by atoms with E-state index in [2.05, 4.69) is 11.3 Å². The molecule has 0 fully saturated rings. The van der Waals surface area contributed by atoms with E-state index >= 15 is 0 Å². The van der Waals surface area contributed by atoms with Gasteiger partial charge in [-0.2, -0.15) is 0 Å². The van der Waals surface area contributed by atoms with Crippen molar-refractivity contribution >= 4 is 5.97 Å². The summed E-state index contributed by atoms with van der Waals surface area (Å²) in [5.74, 6) is -3.67. The zero-order valence-electron chi connectivity index (χ0n) is 7.65. The Kier molecular flexibility index (Phi) is 3.60. The highest BCUT2D eigenvalue weighted by molar-refractivity contribution is 5.81. The van der Waals surface area contributed by atoms with Gasteiger partial charge < -0.3 is 20.1 Å². The van der Waals surface area contributed by atoms with E-state index in [1.807, 2.05) is 0 Å². The minimum Gasteiger partial charge on any atom is -0.404 e. The van der Waals surface area contributed by atoms with Crippen LogP contribution in [0.5, 0.6) is 0 Å². The van der Waals surface area contributed by atoms with Crippen LogP contribution in [0.1, 0.15) is 13.8 Å².